The SMILES string of the molecule is O=C(/C=C1\CCCOc2cc(C(F)(F)F)ccc21)Nc1ccc2c(c1)NC(=O)C(N1CCC[C@@H]1F)C2. The molecule has 0 radical (unpaired) electrons. The summed E-state index contributed by atoms with van der Waals surface area (Å²) >= 11 is 0. The zero-order valence-corrected chi connectivity index (χ0v) is 19.3. The van der Waals surface area contributed by atoms with Crippen LogP contribution in [0.25, 0.3) is 5.57 Å². The molecule has 3 aliphatic heterocycles. The Labute approximate surface area is 205 Å². The maximum Gasteiger partial charge on any atom is 0.416 e. The number of halogens is 4. The van der Waals surface area contributed by atoms with Crippen molar-refractivity contribution in [1.82, 2.24) is 4.90 Å². The van der Waals surface area contributed by atoms with Crippen LogP contribution in [0.5, 0.6) is 5.75 Å². The molecule has 2 amide bonds. The Morgan fingerprint density at radius 2 is 2.00 bits per heavy atom. The Morgan fingerprint density at radius 3 is 2.75 bits per heavy atom. The third kappa shape index (κ3) is 4.95. The van der Waals surface area contributed by atoms with Gasteiger partial charge >= 0.3 is 6.18 Å². The number of allylic oxidation sites excluding steroid dienone is 1. The Hall–Kier alpha value is -3.40. The van der Waals surface area contributed by atoms with Gasteiger partial charge in [-0.15, -0.1) is 0 Å². The molecular weight excluding hydrogens is 478 g/mol. The first-order valence-electron chi connectivity index (χ1n) is 11.9. The number of nitrogens with one attached hydrogen (secondary N) is 2. The van der Waals surface area contributed by atoms with Gasteiger partial charge in [0.2, 0.25) is 11.8 Å². The lowest BCUT2D eigenvalue weighted by atomic mass is 9.97. The van der Waals surface area contributed by atoms with E-state index in [0.717, 1.165) is 24.1 Å². The minimum Gasteiger partial charge on any atom is -0.493 e. The fraction of sp³-hybridized carbons (Fsp3) is 0.385. The van der Waals surface area contributed by atoms with Crippen molar-refractivity contribution in [3.05, 3.63) is 59.2 Å². The third-order valence-corrected chi connectivity index (χ3v) is 6.78. The van der Waals surface area contributed by atoms with Gasteiger partial charge in [-0.2, -0.15) is 13.2 Å². The first-order valence-corrected chi connectivity index (χ1v) is 11.9. The predicted octanol–water partition coefficient (Wildman–Crippen LogP) is 5.15. The van der Waals surface area contributed by atoms with Crippen LogP contribution in [0, 0.1) is 0 Å². The molecule has 0 saturated carbocycles. The van der Waals surface area contributed by atoms with E-state index in [1.807, 2.05) is 0 Å². The molecule has 2 atom stereocenters. The summed E-state index contributed by atoms with van der Waals surface area (Å²) in [6.45, 7) is 0.794. The quantitative estimate of drug-likeness (QED) is 0.345. The summed E-state index contributed by atoms with van der Waals surface area (Å²) in [6.07, 6.45) is -1.68. The molecule has 0 aromatic heterocycles. The molecule has 190 valence electrons. The summed E-state index contributed by atoms with van der Waals surface area (Å²) in [5.41, 5.74) is 2.09. The molecule has 0 bridgehead atoms. The highest BCUT2D eigenvalue weighted by Crippen LogP contribution is 2.38. The van der Waals surface area contributed by atoms with Gasteiger partial charge in [0, 0.05) is 29.6 Å². The van der Waals surface area contributed by atoms with E-state index in [1.54, 1.807) is 23.1 Å². The van der Waals surface area contributed by atoms with Gasteiger partial charge in [0.1, 0.15) is 5.75 Å². The summed E-state index contributed by atoms with van der Waals surface area (Å²) in [4.78, 5) is 27.0. The van der Waals surface area contributed by atoms with Crippen LogP contribution >= 0.6 is 0 Å². The number of fused-ring (bicyclic) bond motifs is 2. The first-order chi connectivity index (χ1) is 17.2. The van der Waals surface area contributed by atoms with Gasteiger partial charge in [-0.1, -0.05) is 12.1 Å². The van der Waals surface area contributed by atoms with Crippen molar-refractivity contribution >= 4 is 28.8 Å². The van der Waals surface area contributed by atoms with Gasteiger partial charge < -0.3 is 15.4 Å². The Balaban J connectivity index is 1.32. The Kier molecular flexibility index (Phi) is 6.46. The lowest BCUT2D eigenvalue weighted by Gasteiger charge is -2.32. The standard InChI is InChI=1S/C26H25F4N3O3/c27-23-4-1-9-33(23)21-11-16-5-7-18(14-20(16)32-25(21)35)31-24(34)12-15-3-2-10-36-22-13-17(26(28,29)30)6-8-19(15)22/h5-8,12-14,21,23H,1-4,9-11H2,(H,31,34)(H,32,35)/b15-12+/t21?,23-/m1/s1. The molecule has 2 N–H and O–H groups in total. The minimum absolute atomic E-state index is 0.0981. The van der Waals surface area contributed by atoms with Gasteiger partial charge in [0.15, 0.2) is 6.30 Å². The summed E-state index contributed by atoms with van der Waals surface area (Å²) < 4.78 is 58.9. The van der Waals surface area contributed by atoms with E-state index in [9.17, 15) is 27.2 Å². The highest BCUT2D eigenvalue weighted by atomic mass is 19.4. The number of likely N-dealkylation sites (tertiary alicyclic amines) is 1. The van der Waals surface area contributed by atoms with Crippen molar-refractivity contribution < 1.29 is 31.9 Å². The van der Waals surface area contributed by atoms with E-state index in [1.165, 1.54) is 12.1 Å². The maximum atomic E-state index is 14.1. The van der Waals surface area contributed by atoms with Crippen molar-refractivity contribution in [3.8, 4) is 5.75 Å². The zero-order valence-electron chi connectivity index (χ0n) is 19.3. The van der Waals surface area contributed by atoms with Crippen LogP contribution in [0.3, 0.4) is 0 Å². The van der Waals surface area contributed by atoms with Gasteiger partial charge in [-0.3, -0.25) is 14.5 Å². The zero-order chi connectivity index (χ0) is 25.4. The average molecular weight is 503 g/mol. The maximum absolute atomic E-state index is 14.1. The van der Waals surface area contributed by atoms with Gasteiger partial charge in [0.05, 0.1) is 18.2 Å². The van der Waals surface area contributed by atoms with Crippen molar-refractivity contribution in [2.45, 2.75) is 50.6 Å². The van der Waals surface area contributed by atoms with Crippen LogP contribution in [0.2, 0.25) is 0 Å². The summed E-state index contributed by atoms with van der Waals surface area (Å²) in [7, 11) is 0. The third-order valence-electron chi connectivity index (χ3n) is 6.78. The van der Waals surface area contributed by atoms with Crippen LogP contribution in [0.15, 0.2) is 42.5 Å². The molecule has 6 nitrogen and oxygen atoms in total. The molecule has 3 aliphatic rings. The van der Waals surface area contributed by atoms with E-state index >= 15 is 0 Å². The number of hydrogen-bond donors (Lipinski definition) is 2. The number of hydrogen-bond acceptors (Lipinski definition) is 4. The largest absolute Gasteiger partial charge is 0.493 e. The summed E-state index contributed by atoms with van der Waals surface area (Å²) in [6, 6.07) is 7.86. The van der Waals surface area contributed by atoms with E-state index in [0.29, 0.717) is 54.7 Å². The number of rotatable bonds is 3. The van der Waals surface area contributed by atoms with Crippen LogP contribution in [0.4, 0.5) is 28.9 Å². The fourth-order valence-corrected chi connectivity index (χ4v) is 4.98. The normalized spacial score (nSPS) is 23.3. The predicted molar refractivity (Wildman–Crippen MR) is 126 cm³/mol. The molecule has 1 unspecified atom stereocenters. The molecule has 2 aromatic rings. The number of ether oxygens (including phenoxy) is 1. The smallest absolute Gasteiger partial charge is 0.416 e. The molecular formula is C26H25F4N3O3. The highest BCUT2D eigenvalue weighted by molar-refractivity contribution is 6.05. The number of carbonyl (C=O) groups is 2. The lowest BCUT2D eigenvalue weighted by Crippen LogP contribution is -2.48. The first kappa shape index (κ1) is 24.3. The van der Waals surface area contributed by atoms with Crippen molar-refractivity contribution in [2.24, 2.45) is 0 Å². The fourth-order valence-electron chi connectivity index (χ4n) is 4.98. The summed E-state index contributed by atoms with van der Waals surface area (Å²) in [5.74, 6) is -0.623. The molecule has 1 fully saturated rings. The monoisotopic (exact) mass is 503 g/mol. The lowest BCUT2D eigenvalue weighted by molar-refractivity contribution is -0.137. The average Bonchev–Trinajstić information content (AvgIpc) is 3.14. The number of nitrogens with zero attached hydrogens (tertiary/aromatic N) is 1. The number of anilines is 2. The second kappa shape index (κ2) is 9.57. The van der Waals surface area contributed by atoms with E-state index in [4.69, 9.17) is 4.74 Å². The van der Waals surface area contributed by atoms with E-state index < -0.39 is 30.0 Å². The van der Waals surface area contributed by atoms with Gasteiger partial charge in [-0.25, -0.2) is 4.39 Å². The second-order valence-electron chi connectivity index (χ2n) is 9.22. The number of benzene rings is 2. The van der Waals surface area contributed by atoms with Crippen molar-refractivity contribution in [1.29, 1.82) is 0 Å². The van der Waals surface area contributed by atoms with Gasteiger partial charge in [-0.05, 0) is 67.5 Å². The van der Waals surface area contributed by atoms with Crippen LogP contribution in [0.1, 0.15) is 42.4 Å². The van der Waals surface area contributed by atoms with Crippen LogP contribution < -0.4 is 15.4 Å². The van der Waals surface area contributed by atoms with E-state index in [-0.39, 0.29) is 18.3 Å². The molecule has 5 rings (SSSR count). The molecule has 10 heteroatoms. The Bertz CT molecular complexity index is 1230. The van der Waals surface area contributed by atoms with Crippen molar-refractivity contribution in [2.75, 3.05) is 23.8 Å². The Morgan fingerprint density at radius 1 is 1.17 bits per heavy atom. The minimum atomic E-state index is -4.49. The van der Waals surface area contributed by atoms with Crippen molar-refractivity contribution in [3.63, 3.8) is 0 Å². The van der Waals surface area contributed by atoms with Gasteiger partial charge in [0.25, 0.3) is 0 Å². The number of alkyl halides is 4. The topological polar surface area (TPSA) is 70.7 Å². The molecule has 36 heavy (non-hydrogen) atoms. The second-order valence-corrected chi connectivity index (χ2v) is 9.22. The summed E-state index contributed by atoms with van der Waals surface area (Å²) in [5, 5.41) is 5.58. The van der Waals surface area contributed by atoms with Crippen LogP contribution in [-0.2, 0) is 22.2 Å². The van der Waals surface area contributed by atoms with E-state index in [2.05, 4.69) is 10.6 Å². The molecule has 3 heterocycles. The molecule has 2 aromatic carbocycles. The number of amides is 2. The van der Waals surface area contributed by atoms with Crippen LogP contribution in [-0.4, -0.2) is 42.2 Å². The number of carbonyl (C=O) groups excluding carboxylic acids is 2. The molecule has 0 aliphatic carbocycles. The molecule has 0 spiro atoms. The highest BCUT2D eigenvalue weighted by Gasteiger charge is 2.37. The molecule has 1 saturated heterocycles.